The fraction of sp³-hybridized carbons (Fsp3) is 0.125. The fourth-order valence-electron chi connectivity index (χ4n) is 3.55. The third kappa shape index (κ3) is 3.43. The van der Waals surface area contributed by atoms with Gasteiger partial charge in [-0.15, -0.1) is 0 Å². The summed E-state index contributed by atoms with van der Waals surface area (Å²) in [6, 6.07) is 25.0. The van der Waals surface area contributed by atoms with Crippen molar-refractivity contribution < 1.29 is 14.3 Å². The molecule has 0 unspecified atom stereocenters. The molecule has 3 aromatic carbocycles. The van der Waals surface area contributed by atoms with Gasteiger partial charge in [-0.1, -0.05) is 48.5 Å². The van der Waals surface area contributed by atoms with E-state index < -0.39 is 0 Å². The molecule has 2 heterocycles. The topological polar surface area (TPSA) is 66.2 Å². The van der Waals surface area contributed by atoms with E-state index >= 15 is 0 Å². The van der Waals surface area contributed by atoms with Crippen molar-refractivity contribution in [2.75, 3.05) is 13.2 Å². The summed E-state index contributed by atoms with van der Waals surface area (Å²) in [4.78, 5) is 22.1. The van der Waals surface area contributed by atoms with Crippen LogP contribution in [0.4, 0.5) is 0 Å². The minimum atomic E-state index is -0.343. The molecular weight excluding hydrogens is 378 g/mol. The number of rotatable bonds is 6. The standard InChI is InChI=1S/C24H19N3O3/c28-22(30-15-14-29-17-8-2-1-3-9-17)16-27-21-13-7-4-10-18(21)23-24(27)26-20-12-6-5-11-19(20)25-23/h1-13H,14-16H2. The third-order valence-corrected chi connectivity index (χ3v) is 4.90. The summed E-state index contributed by atoms with van der Waals surface area (Å²) >= 11 is 0. The van der Waals surface area contributed by atoms with E-state index in [4.69, 9.17) is 19.4 Å². The molecule has 5 rings (SSSR count). The predicted molar refractivity (Wildman–Crippen MR) is 115 cm³/mol. The highest BCUT2D eigenvalue weighted by Crippen LogP contribution is 2.28. The fourth-order valence-corrected chi connectivity index (χ4v) is 3.55. The average Bonchev–Trinajstić information content (AvgIpc) is 3.09. The van der Waals surface area contributed by atoms with Crippen LogP contribution in [-0.4, -0.2) is 33.7 Å². The third-order valence-electron chi connectivity index (χ3n) is 4.90. The number of aromatic nitrogens is 3. The molecule has 0 N–H and O–H groups in total. The lowest BCUT2D eigenvalue weighted by Crippen LogP contribution is -2.17. The van der Waals surface area contributed by atoms with E-state index in [9.17, 15) is 4.79 Å². The van der Waals surface area contributed by atoms with Crippen molar-refractivity contribution in [1.29, 1.82) is 0 Å². The van der Waals surface area contributed by atoms with Gasteiger partial charge in [0.05, 0.1) is 16.6 Å². The number of carbonyl (C=O) groups excluding carboxylic acids is 1. The minimum Gasteiger partial charge on any atom is -0.490 e. The van der Waals surface area contributed by atoms with Crippen LogP contribution in [0.15, 0.2) is 78.9 Å². The quantitative estimate of drug-likeness (QED) is 0.315. The molecule has 0 spiro atoms. The Labute approximate surface area is 172 Å². The van der Waals surface area contributed by atoms with Crippen LogP contribution in [0.3, 0.4) is 0 Å². The van der Waals surface area contributed by atoms with Gasteiger partial charge < -0.3 is 14.0 Å². The van der Waals surface area contributed by atoms with Gasteiger partial charge in [-0.2, -0.15) is 0 Å². The Bertz CT molecular complexity index is 1350. The zero-order valence-electron chi connectivity index (χ0n) is 16.2. The second-order valence-electron chi connectivity index (χ2n) is 6.87. The van der Waals surface area contributed by atoms with Crippen molar-refractivity contribution >= 4 is 39.1 Å². The van der Waals surface area contributed by atoms with Crippen molar-refractivity contribution in [3.63, 3.8) is 0 Å². The summed E-state index contributed by atoms with van der Waals surface area (Å²) in [5.41, 5.74) is 3.98. The molecule has 30 heavy (non-hydrogen) atoms. The second kappa shape index (κ2) is 7.83. The molecule has 0 amide bonds. The van der Waals surface area contributed by atoms with E-state index in [-0.39, 0.29) is 19.1 Å². The van der Waals surface area contributed by atoms with E-state index in [1.807, 2.05) is 83.4 Å². The zero-order chi connectivity index (χ0) is 20.3. The van der Waals surface area contributed by atoms with Crippen LogP contribution in [0.25, 0.3) is 33.1 Å². The van der Waals surface area contributed by atoms with E-state index in [0.717, 1.165) is 33.2 Å². The Hall–Kier alpha value is -3.93. The molecule has 0 fully saturated rings. The Kier molecular flexibility index (Phi) is 4.73. The maximum absolute atomic E-state index is 12.5. The summed E-state index contributed by atoms with van der Waals surface area (Å²) in [7, 11) is 0. The maximum atomic E-state index is 12.5. The maximum Gasteiger partial charge on any atom is 0.326 e. The van der Waals surface area contributed by atoms with E-state index in [2.05, 4.69) is 0 Å². The van der Waals surface area contributed by atoms with Crippen LogP contribution in [0.1, 0.15) is 0 Å². The molecule has 0 saturated carbocycles. The number of ether oxygens (including phenoxy) is 2. The molecule has 6 heteroatoms. The first-order valence-corrected chi connectivity index (χ1v) is 9.77. The molecule has 0 radical (unpaired) electrons. The monoisotopic (exact) mass is 397 g/mol. The summed E-state index contributed by atoms with van der Waals surface area (Å²) in [5, 5.41) is 0.964. The van der Waals surface area contributed by atoms with Gasteiger partial charge in [0.15, 0.2) is 5.65 Å². The predicted octanol–water partition coefficient (Wildman–Crippen LogP) is 4.36. The molecule has 0 saturated heterocycles. The van der Waals surface area contributed by atoms with Crippen molar-refractivity contribution in [2.24, 2.45) is 0 Å². The average molecular weight is 397 g/mol. The smallest absolute Gasteiger partial charge is 0.326 e. The van der Waals surface area contributed by atoms with E-state index in [0.29, 0.717) is 12.3 Å². The highest BCUT2D eigenvalue weighted by molar-refractivity contribution is 6.06. The van der Waals surface area contributed by atoms with Gasteiger partial charge in [-0.05, 0) is 30.3 Å². The van der Waals surface area contributed by atoms with Gasteiger partial charge in [0.25, 0.3) is 0 Å². The summed E-state index contributed by atoms with van der Waals surface area (Å²) in [6.07, 6.45) is 0. The van der Waals surface area contributed by atoms with Crippen LogP contribution < -0.4 is 4.74 Å². The summed E-state index contributed by atoms with van der Waals surface area (Å²) < 4.78 is 12.8. The molecule has 0 aliphatic heterocycles. The van der Waals surface area contributed by atoms with Crippen LogP contribution in [0.2, 0.25) is 0 Å². The lowest BCUT2D eigenvalue weighted by Gasteiger charge is -2.09. The van der Waals surface area contributed by atoms with Crippen molar-refractivity contribution in [1.82, 2.24) is 14.5 Å². The number of benzene rings is 3. The van der Waals surface area contributed by atoms with Gasteiger partial charge in [-0.25, -0.2) is 9.97 Å². The largest absolute Gasteiger partial charge is 0.490 e. The van der Waals surface area contributed by atoms with Gasteiger partial charge >= 0.3 is 5.97 Å². The normalized spacial score (nSPS) is 11.2. The van der Waals surface area contributed by atoms with E-state index in [1.165, 1.54) is 0 Å². The number of fused-ring (bicyclic) bond motifs is 4. The first-order valence-electron chi connectivity index (χ1n) is 9.77. The number of carbonyl (C=O) groups is 1. The van der Waals surface area contributed by atoms with Crippen LogP contribution in [0.5, 0.6) is 5.75 Å². The molecule has 0 aliphatic rings. The lowest BCUT2D eigenvalue weighted by atomic mass is 10.2. The summed E-state index contributed by atoms with van der Waals surface area (Å²) in [5.74, 6) is 0.405. The molecule has 0 atom stereocenters. The lowest BCUT2D eigenvalue weighted by molar-refractivity contribution is -0.144. The summed E-state index contributed by atoms with van der Waals surface area (Å²) in [6.45, 7) is 0.537. The first kappa shape index (κ1) is 18.1. The van der Waals surface area contributed by atoms with Gasteiger partial charge in [0.1, 0.15) is 31.0 Å². The SMILES string of the molecule is O=C(Cn1c2ccccc2c2nc3ccccc3nc21)OCCOc1ccccc1. The molecule has 5 aromatic rings. The van der Waals surface area contributed by atoms with Crippen LogP contribution in [0, 0.1) is 0 Å². The van der Waals surface area contributed by atoms with Gasteiger partial charge in [0, 0.05) is 5.39 Å². The van der Waals surface area contributed by atoms with Crippen LogP contribution in [-0.2, 0) is 16.1 Å². The molecule has 148 valence electrons. The second-order valence-corrected chi connectivity index (χ2v) is 6.87. The molecule has 6 nitrogen and oxygen atoms in total. The molecule has 0 aliphatic carbocycles. The Morgan fingerprint density at radius 1 is 0.800 bits per heavy atom. The zero-order valence-corrected chi connectivity index (χ0v) is 16.2. The van der Waals surface area contributed by atoms with Gasteiger partial charge in [-0.3, -0.25) is 4.79 Å². The number of nitrogens with zero attached hydrogens (tertiary/aromatic N) is 3. The van der Waals surface area contributed by atoms with Crippen molar-refractivity contribution in [3.05, 3.63) is 78.9 Å². The Morgan fingerprint density at radius 3 is 2.33 bits per heavy atom. The van der Waals surface area contributed by atoms with Crippen molar-refractivity contribution in [2.45, 2.75) is 6.54 Å². The highest BCUT2D eigenvalue weighted by Gasteiger charge is 2.16. The Balaban J connectivity index is 1.39. The molecule has 0 bridgehead atoms. The molecular formula is C24H19N3O3. The first-order chi connectivity index (χ1) is 14.8. The van der Waals surface area contributed by atoms with E-state index in [1.54, 1.807) is 0 Å². The highest BCUT2D eigenvalue weighted by atomic mass is 16.6. The van der Waals surface area contributed by atoms with Crippen LogP contribution >= 0.6 is 0 Å². The number of para-hydroxylation sites is 4. The number of hydrogen-bond acceptors (Lipinski definition) is 5. The Morgan fingerprint density at radius 2 is 1.50 bits per heavy atom. The van der Waals surface area contributed by atoms with Crippen molar-refractivity contribution in [3.8, 4) is 5.75 Å². The minimum absolute atomic E-state index is 0.0579. The van der Waals surface area contributed by atoms with Gasteiger partial charge in [0.2, 0.25) is 0 Å². The molecule has 2 aromatic heterocycles. The number of hydrogen-bond donors (Lipinski definition) is 0. The number of esters is 1.